The highest BCUT2D eigenvalue weighted by Gasteiger charge is 2.19. The zero-order chi connectivity index (χ0) is 20.3. The summed E-state index contributed by atoms with van der Waals surface area (Å²) in [6, 6.07) is 14.2. The summed E-state index contributed by atoms with van der Waals surface area (Å²) in [5, 5.41) is 0.365. The largest absolute Gasteiger partial charge is 0.295 e. The number of rotatable bonds is 7. The molecule has 1 heterocycles. The molecule has 0 aliphatic carbocycles. The normalized spacial score (nSPS) is 12.5. The summed E-state index contributed by atoms with van der Waals surface area (Å²) in [6.45, 7) is 1.83. The predicted molar refractivity (Wildman–Crippen MR) is 116 cm³/mol. The van der Waals surface area contributed by atoms with E-state index in [1.54, 1.807) is 30.5 Å². The summed E-state index contributed by atoms with van der Waals surface area (Å²) in [6.07, 6.45) is 4.64. The lowest BCUT2D eigenvalue weighted by atomic mass is 10.1. The Morgan fingerprint density at radius 2 is 1.79 bits per heavy atom. The van der Waals surface area contributed by atoms with Gasteiger partial charge in [0.25, 0.3) is 0 Å². The number of sulfonamides is 1. The van der Waals surface area contributed by atoms with Crippen molar-refractivity contribution >= 4 is 49.2 Å². The van der Waals surface area contributed by atoms with Gasteiger partial charge in [-0.15, -0.1) is 0 Å². The maximum Gasteiger partial charge on any atom is 0.229 e. The first kappa shape index (κ1) is 20.6. The fourth-order valence-corrected chi connectivity index (χ4v) is 4.33. The third kappa shape index (κ3) is 5.24. The molecule has 146 valence electrons. The summed E-state index contributed by atoms with van der Waals surface area (Å²) >= 11 is 4.79. The number of imidazole rings is 1. The SMILES string of the molecule is CC(Sc1nccn1-c1ccc(Br)cc1)C(=O)c1ccc(NS(C)(=O)=O)cc1. The van der Waals surface area contributed by atoms with E-state index < -0.39 is 10.0 Å². The van der Waals surface area contributed by atoms with Crippen LogP contribution in [0.3, 0.4) is 0 Å². The minimum Gasteiger partial charge on any atom is -0.295 e. The monoisotopic (exact) mass is 479 g/mol. The Morgan fingerprint density at radius 3 is 2.39 bits per heavy atom. The second-order valence-electron chi connectivity index (χ2n) is 6.13. The quantitative estimate of drug-likeness (QED) is 0.401. The number of carbonyl (C=O) groups is 1. The van der Waals surface area contributed by atoms with Crippen molar-refractivity contribution in [1.82, 2.24) is 9.55 Å². The molecule has 3 aromatic rings. The zero-order valence-corrected chi connectivity index (χ0v) is 18.4. The van der Waals surface area contributed by atoms with Gasteiger partial charge in [-0.05, 0) is 55.5 Å². The number of aromatic nitrogens is 2. The molecule has 0 bridgehead atoms. The van der Waals surface area contributed by atoms with Gasteiger partial charge < -0.3 is 0 Å². The third-order valence-electron chi connectivity index (χ3n) is 3.84. The molecule has 0 spiro atoms. The average Bonchev–Trinajstić information content (AvgIpc) is 3.09. The summed E-state index contributed by atoms with van der Waals surface area (Å²) in [5.41, 5.74) is 1.89. The first-order valence-corrected chi connectivity index (χ1v) is 11.9. The van der Waals surface area contributed by atoms with E-state index in [9.17, 15) is 13.2 Å². The van der Waals surface area contributed by atoms with Gasteiger partial charge in [0.1, 0.15) is 0 Å². The van der Waals surface area contributed by atoms with E-state index in [1.807, 2.05) is 42.0 Å². The van der Waals surface area contributed by atoms with Gasteiger partial charge in [0.2, 0.25) is 10.0 Å². The van der Waals surface area contributed by atoms with Crippen molar-refractivity contribution in [1.29, 1.82) is 0 Å². The predicted octanol–water partition coefficient (Wildman–Crippen LogP) is 4.37. The average molecular weight is 480 g/mol. The maximum atomic E-state index is 12.8. The van der Waals surface area contributed by atoms with Crippen LogP contribution in [0.4, 0.5) is 5.69 Å². The van der Waals surface area contributed by atoms with Gasteiger partial charge in [0.05, 0.1) is 11.5 Å². The van der Waals surface area contributed by atoms with Crippen molar-refractivity contribution in [3.05, 3.63) is 71.0 Å². The lowest BCUT2D eigenvalue weighted by Crippen LogP contribution is -2.15. The lowest BCUT2D eigenvalue weighted by Gasteiger charge is -2.12. The van der Waals surface area contributed by atoms with Gasteiger partial charge in [-0.2, -0.15) is 0 Å². The first-order chi connectivity index (χ1) is 13.2. The fraction of sp³-hybridized carbons (Fsp3) is 0.158. The summed E-state index contributed by atoms with van der Waals surface area (Å²) in [4.78, 5) is 17.1. The molecule has 0 saturated heterocycles. The van der Waals surface area contributed by atoms with Crippen molar-refractivity contribution in [3.63, 3.8) is 0 Å². The molecule has 6 nitrogen and oxygen atoms in total. The molecule has 1 unspecified atom stereocenters. The fourth-order valence-electron chi connectivity index (χ4n) is 2.54. The molecular weight excluding hydrogens is 462 g/mol. The Hall–Kier alpha value is -2.10. The van der Waals surface area contributed by atoms with Gasteiger partial charge in [0.15, 0.2) is 10.9 Å². The van der Waals surface area contributed by atoms with E-state index in [0.29, 0.717) is 11.3 Å². The van der Waals surface area contributed by atoms with Crippen LogP contribution in [0.5, 0.6) is 0 Å². The van der Waals surface area contributed by atoms with Crippen LogP contribution < -0.4 is 4.72 Å². The van der Waals surface area contributed by atoms with Crippen molar-refractivity contribution in [2.45, 2.75) is 17.3 Å². The maximum absolute atomic E-state index is 12.8. The zero-order valence-electron chi connectivity index (χ0n) is 15.2. The second kappa shape index (κ2) is 8.50. The molecule has 28 heavy (non-hydrogen) atoms. The second-order valence-corrected chi connectivity index (χ2v) is 10.1. The number of ketones is 1. The third-order valence-corrected chi connectivity index (χ3v) is 6.05. The Labute approximate surface area is 176 Å². The van der Waals surface area contributed by atoms with E-state index in [2.05, 4.69) is 25.6 Å². The van der Waals surface area contributed by atoms with Gasteiger partial charge in [-0.1, -0.05) is 27.7 Å². The number of hydrogen-bond donors (Lipinski definition) is 1. The highest BCUT2D eigenvalue weighted by Crippen LogP contribution is 2.27. The molecule has 1 atom stereocenters. The van der Waals surface area contributed by atoms with Crippen LogP contribution in [0.2, 0.25) is 0 Å². The highest BCUT2D eigenvalue weighted by molar-refractivity contribution is 9.10. The number of halogens is 1. The number of hydrogen-bond acceptors (Lipinski definition) is 5. The summed E-state index contributed by atoms with van der Waals surface area (Å²) < 4.78 is 27.9. The molecule has 9 heteroatoms. The van der Waals surface area contributed by atoms with E-state index >= 15 is 0 Å². The lowest BCUT2D eigenvalue weighted by molar-refractivity contribution is 0.0994. The van der Waals surface area contributed by atoms with Crippen LogP contribution >= 0.6 is 27.7 Å². The molecule has 0 amide bonds. The highest BCUT2D eigenvalue weighted by atomic mass is 79.9. The number of thioether (sulfide) groups is 1. The summed E-state index contributed by atoms with van der Waals surface area (Å²) in [5.74, 6) is -0.0544. The van der Waals surface area contributed by atoms with Crippen molar-refractivity contribution in [2.24, 2.45) is 0 Å². The number of anilines is 1. The van der Waals surface area contributed by atoms with Gasteiger partial charge in [0, 0.05) is 33.8 Å². The van der Waals surface area contributed by atoms with Crippen LogP contribution in [0.1, 0.15) is 17.3 Å². The molecule has 0 radical (unpaired) electrons. The van der Waals surface area contributed by atoms with E-state index in [0.717, 1.165) is 21.6 Å². The first-order valence-electron chi connectivity index (χ1n) is 8.31. The molecular formula is C19H18BrN3O3S2. The van der Waals surface area contributed by atoms with Crippen LogP contribution in [0.15, 0.2) is 70.6 Å². The van der Waals surface area contributed by atoms with Crippen LogP contribution in [0.25, 0.3) is 5.69 Å². The number of benzene rings is 2. The van der Waals surface area contributed by atoms with Crippen LogP contribution in [0, 0.1) is 0 Å². The summed E-state index contributed by atoms with van der Waals surface area (Å²) in [7, 11) is -3.35. The minimum absolute atomic E-state index is 0.0544. The molecule has 1 aromatic heterocycles. The molecule has 1 N–H and O–H groups in total. The van der Waals surface area contributed by atoms with Crippen molar-refractivity contribution in [2.75, 3.05) is 11.0 Å². The minimum atomic E-state index is -3.35. The molecule has 0 aliphatic rings. The molecule has 0 fully saturated rings. The number of nitrogens with zero attached hydrogens (tertiary/aromatic N) is 2. The molecule has 0 aliphatic heterocycles. The topological polar surface area (TPSA) is 81.1 Å². The molecule has 0 saturated carbocycles. The van der Waals surface area contributed by atoms with Gasteiger partial charge >= 0.3 is 0 Å². The number of nitrogens with one attached hydrogen (secondary N) is 1. The van der Waals surface area contributed by atoms with Gasteiger partial charge in [-0.25, -0.2) is 13.4 Å². The number of Topliss-reactive ketones (excluding diaryl/α,β-unsaturated/α-hetero) is 1. The van der Waals surface area contributed by atoms with Gasteiger partial charge in [-0.3, -0.25) is 14.1 Å². The van der Waals surface area contributed by atoms with Crippen LogP contribution in [-0.4, -0.2) is 35.3 Å². The van der Waals surface area contributed by atoms with Crippen LogP contribution in [-0.2, 0) is 10.0 Å². The van der Waals surface area contributed by atoms with Crippen molar-refractivity contribution in [3.8, 4) is 5.69 Å². The Bertz CT molecular complexity index is 1080. The standard InChI is InChI=1S/C19H18BrN3O3S2/c1-13(18(24)14-3-7-16(8-4-14)22-28(2,25)26)27-19-21-11-12-23(19)17-9-5-15(20)6-10-17/h3-13,22H,1-2H3. The van der Waals surface area contributed by atoms with Crippen molar-refractivity contribution < 1.29 is 13.2 Å². The number of carbonyl (C=O) groups excluding carboxylic acids is 1. The smallest absolute Gasteiger partial charge is 0.229 e. The Morgan fingerprint density at radius 1 is 1.14 bits per heavy atom. The molecule has 3 rings (SSSR count). The Balaban J connectivity index is 1.73. The Kier molecular flexibility index (Phi) is 6.26. The van der Waals surface area contributed by atoms with E-state index in [1.165, 1.54) is 11.8 Å². The van der Waals surface area contributed by atoms with E-state index in [-0.39, 0.29) is 11.0 Å². The molecule has 2 aromatic carbocycles. The van der Waals surface area contributed by atoms with E-state index in [4.69, 9.17) is 0 Å².